The molecule has 104 valence electrons. The SMILES string of the molecule is CN1CCC(c2cnc(N3CCCC3CN)nc2)C1. The molecule has 0 amide bonds. The van der Waals surface area contributed by atoms with Gasteiger partial charge in [-0.05, 0) is 38.4 Å². The third kappa shape index (κ3) is 2.58. The van der Waals surface area contributed by atoms with Gasteiger partial charge in [-0.15, -0.1) is 0 Å². The van der Waals surface area contributed by atoms with Gasteiger partial charge in [0.1, 0.15) is 0 Å². The molecule has 3 rings (SSSR count). The fourth-order valence-corrected chi connectivity index (χ4v) is 3.24. The Morgan fingerprint density at radius 1 is 1.26 bits per heavy atom. The van der Waals surface area contributed by atoms with E-state index in [4.69, 9.17) is 5.73 Å². The van der Waals surface area contributed by atoms with Crippen molar-refractivity contribution in [1.29, 1.82) is 0 Å². The van der Waals surface area contributed by atoms with Crippen LogP contribution < -0.4 is 10.6 Å². The van der Waals surface area contributed by atoms with E-state index in [0.717, 1.165) is 25.5 Å². The first kappa shape index (κ1) is 12.8. The lowest BCUT2D eigenvalue weighted by Crippen LogP contribution is -2.36. The van der Waals surface area contributed by atoms with Crippen LogP contribution in [0.15, 0.2) is 12.4 Å². The van der Waals surface area contributed by atoms with Crippen LogP contribution in [0.5, 0.6) is 0 Å². The number of nitrogens with two attached hydrogens (primary N) is 1. The highest BCUT2D eigenvalue weighted by atomic mass is 15.3. The number of hydrogen-bond donors (Lipinski definition) is 1. The minimum Gasteiger partial charge on any atom is -0.337 e. The standard InChI is InChI=1S/C14H23N5/c1-18-6-4-11(10-18)12-8-16-14(17-9-12)19-5-2-3-13(19)7-15/h8-9,11,13H,2-7,10,15H2,1H3. The summed E-state index contributed by atoms with van der Waals surface area (Å²) < 4.78 is 0. The molecule has 2 unspecified atom stereocenters. The van der Waals surface area contributed by atoms with E-state index < -0.39 is 0 Å². The van der Waals surface area contributed by atoms with Gasteiger partial charge in [-0.2, -0.15) is 0 Å². The molecule has 5 heteroatoms. The summed E-state index contributed by atoms with van der Waals surface area (Å²) in [5, 5.41) is 0. The number of aromatic nitrogens is 2. The fraction of sp³-hybridized carbons (Fsp3) is 0.714. The van der Waals surface area contributed by atoms with Crippen molar-refractivity contribution in [3.63, 3.8) is 0 Å². The van der Waals surface area contributed by atoms with Crippen molar-refractivity contribution in [2.75, 3.05) is 38.1 Å². The summed E-state index contributed by atoms with van der Waals surface area (Å²) >= 11 is 0. The second-order valence-corrected chi connectivity index (χ2v) is 5.79. The Labute approximate surface area is 114 Å². The molecule has 2 aliphatic heterocycles. The van der Waals surface area contributed by atoms with Crippen molar-refractivity contribution in [2.45, 2.75) is 31.2 Å². The van der Waals surface area contributed by atoms with E-state index in [9.17, 15) is 0 Å². The Balaban J connectivity index is 1.72. The van der Waals surface area contributed by atoms with Gasteiger partial charge < -0.3 is 15.5 Å². The maximum absolute atomic E-state index is 5.80. The molecule has 0 radical (unpaired) electrons. The van der Waals surface area contributed by atoms with Gasteiger partial charge in [0.15, 0.2) is 0 Å². The van der Waals surface area contributed by atoms with Crippen molar-refractivity contribution in [1.82, 2.24) is 14.9 Å². The normalized spacial score (nSPS) is 28.2. The van der Waals surface area contributed by atoms with Crippen molar-refractivity contribution in [3.8, 4) is 0 Å². The van der Waals surface area contributed by atoms with Crippen LogP contribution in [0.1, 0.15) is 30.7 Å². The van der Waals surface area contributed by atoms with E-state index in [-0.39, 0.29) is 0 Å². The largest absolute Gasteiger partial charge is 0.337 e. The minimum atomic E-state index is 0.420. The maximum Gasteiger partial charge on any atom is 0.225 e. The molecular formula is C14H23N5. The number of likely N-dealkylation sites (N-methyl/N-ethyl adjacent to an activating group) is 1. The highest BCUT2D eigenvalue weighted by Crippen LogP contribution is 2.27. The Bertz CT molecular complexity index is 418. The monoisotopic (exact) mass is 261 g/mol. The van der Waals surface area contributed by atoms with Crippen LogP contribution in [-0.4, -0.2) is 54.1 Å². The minimum absolute atomic E-state index is 0.420. The lowest BCUT2D eigenvalue weighted by Gasteiger charge is -2.23. The highest BCUT2D eigenvalue weighted by Gasteiger charge is 2.26. The van der Waals surface area contributed by atoms with Crippen LogP contribution in [0.3, 0.4) is 0 Å². The molecule has 1 aromatic rings. The number of likely N-dealkylation sites (tertiary alicyclic amines) is 1. The van der Waals surface area contributed by atoms with E-state index >= 15 is 0 Å². The molecule has 5 nitrogen and oxygen atoms in total. The fourth-order valence-electron chi connectivity index (χ4n) is 3.24. The summed E-state index contributed by atoms with van der Waals surface area (Å²) in [5.41, 5.74) is 7.08. The summed E-state index contributed by atoms with van der Waals surface area (Å²) in [6, 6.07) is 0.420. The van der Waals surface area contributed by atoms with Crippen LogP contribution in [-0.2, 0) is 0 Å². The molecule has 0 saturated carbocycles. The zero-order chi connectivity index (χ0) is 13.2. The van der Waals surface area contributed by atoms with E-state index in [1.54, 1.807) is 0 Å². The third-order valence-corrected chi connectivity index (χ3v) is 4.43. The van der Waals surface area contributed by atoms with E-state index in [0.29, 0.717) is 18.5 Å². The summed E-state index contributed by atoms with van der Waals surface area (Å²) in [6.07, 6.45) is 7.60. The molecule has 0 bridgehead atoms. The number of hydrogen-bond acceptors (Lipinski definition) is 5. The van der Waals surface area contributed by atoms with Gasteiger partial charge in [-0.25, -0.2) is 9.97 Å². The third-order valence-electron chi connectivity index (χ3n) is 4.43. The average molecular weight is 261 g/mol. The van der Waals surface area contributed by atoms with E-state index in [2.05, 4.69) is 26.8 Å². The van der Waals surface area contributed by atoms with E-state index in [1.165, 1.54) is 24.9 Å². The van der Waals surface area contributed by atoms with Gasteiger partial charge in [0.05, 0.1) is 0 Å². The highest BCUT2D eigenvalue weighted by molar-refractivity contribution is 5.34. The van der Waals surface area contributed by atoms with Gasteiger partial charge >= 0.3 is 0 Å². The Kier molecular flexibility index (Phi) is 3.66. The summed E-state index contributed by atoms with van der Waals surface area (Å²) in [4.78, 5) is 13.8. The quantitative estimate of drug-likeness (QED) is 0.873. The van der Waals surface area contributed by atoms with Crippen LogP contribution in [0.2, 0.25) is 0 Å². The zero-order valence-electron chi connectivity index (χ0n) is 11.6. The molecule has 19 heavy (non-hydrogen) atoms. The van der Waals surface area contributed by atoms with Crippen LogP contribution in [0.4, 0.5) is 5.95 Å². The smallest absolute Gasteiger partial charge is 0.225 e. The molecule has 2 atom stereocenters. The molecule has 2 aliphatic rings. The summed E-state index contributed by atoms with van der Waals surface area (Å²) in [6.45, 7) is 4.03. The molecular weight excluding hydrogens is 238 g/mol. The molecule has 0 spiro atoms. The van der Waals surface area contributed by atoms with Crippen LogP contribution in [0.25, 0.3) is 0 Å². The molecule has 2 N–H and O–H groups in total. The Hall–Kier alpha value is -1.20. The second kappa shape index (κ2) is 5.43. The van der Waals surface area contributed by atoms with Gasteiger partial charge in [-0.1, -0.05) is 0 Å². The summed E-state index contributed by atoms with van der Waals surface area (Å²) in [7, 11) is 2.17. The predicted molar refractivity (Wildman–Crippen MR) is 76.3 cm³/mol. The van der Waals surface area contributed by atoms with Gasteiger partial charge in [0.2, 0.25) is 5.95 Å². The molecule has 2 saturated heterocycles. The summed E-state index contributed by atoms with van der Waals surface area (Å²) in [5.74, 6) is 1.45. The van der Waals surface area contributed by atoms with Crippen LogP contribution in [0, 0.1) is 0 Å². The van der Waals surface area contributed by atoms with Crippen molar-refractivity contribution < 1.29 is 0 Å². The predicted octanol–water partition coefficient (Wildman–Crippen LogP) is 0.823. The zero-order valence-corrected chi connectivity index (χ0v) is 11.6. The first-order chi connectivity index (χ1) is 9.28. The first-order valence-electron chi connectivity index (χ1n) is 7.25. The Morgan fingerprint density at radius 2 is 2.05 bits per heavy atom. The molecule has 0 aromatic carbocycles. The second-order valence-electron chi connectivity index (χ2n) is 5.79. The molecule has 2 fully saturated rings. The lowest BCUT2D eigenvalue weighted by molar-refractivity contribution is 0.411. The molecule has 3 heterocycles. The Morgan fingerprint density at radius 3 is 2.68 bits per heavy atom. The van der Waals surface area contributed by atoms with E-state index in [1.807, 2.05) is 12.4 Å². The topological polar surface area (TPSA) is 58.3 Å². The van der Waals surface area contributed by atoms with Gasteiger partial charge in [-0.3, -0.25) is 0 Å². The maximum atomic E-state index is 5.80. The lowest BCUT2D eigenvalue weighted by atomic mass is 10.0. The van der Waals surface area contributed by atoms with Crippen LogP contribution >= 0.6 is 0 Å². The molecule has 1 aromatic heterocycles. The number of nitrogens with zero attached hydrogens (tertiary/aromatic N) is 4. The van der Waals surface area contributed by atoms with Crippen molar-refractivity contribution in [2.24, 2.45) is 5.73 Å². The number of rotatable bonds is 3. The van der Waals surface area contributed by atoms with Crippen molar-refractivity contribution in [3.05, 3.63) is 18.0 Å². The number of anilines is 1. The van der Waals surface area contributed by atoms with Gasteiger partial charge in [0, 0.05) is 44.0 Å². The van der Waals surface area contributed by atoms with Crippen molar-refractivity contribution >= 4 is 5.95 Å². The first-order valence-corrected chi connectivity index (χ1v) is 7.25. The molecule has 0 aliphatic carbocycles. The average Bonchev–Trinajstić information content (AvgIpc) is 3.07. The van der Waals surface area contributed by atoms with Gasteiger partial charge in [0.25, 0.3) is 0 Å².